The Hall–Kier alpha value is -4.33. The fourth-order valence-corrected chi connectivity index (χ4v) is 3.88. The molecule has 0 saturated heterocycles. The molecule has 1 amide bonds. The molecule has 0 heterocycles. The number of anilines is 1. The number of carbonyl (C=O) groups excluding carboxylic acids is 1. The number of amides is 1. The van der Waals surface area contributed by atoms with E-state index in [0.717, 1.165) is 15.6 Å². The van der Waals surface area contributed by atoms with Crippen LogP contribution in [-0.4, -0.2) is 12.5 Å². The molecule has 3 aromatic rings. The molecule has 0 aliphatic carbocycles. The van der Waals surface area contributed by atoms with Gasteiger partial charge in [-0.2, -0.15) is 10.5 Å². The van der Waals surface area contributed by atoms with Crippen molar-refractivity contribution >= 4 is 33.6 Å². The molecule has 3 rings (SSSR count). The zero-order chi connectivity index (χ0) is 25.9. The molecular weight excluding hydrogens is 518 g/mol. The molecular formula is C29H24BrN3O3. The van der Waals surface area contributed by atoms with Gasteiger partial charge in [-0.3, -0.25) is 4.79 Å². The van der Waals surface area contributed by atoms with Gasteiger partial charge in [0.25, 0.3) is 5.91 Å². The maximum Gasteiger partial charge on any atom is 0.266 e. The van der Waals surface area contributed by atoms with E-state index < -0.39 is 5.91 Å². The van der Waals surface area contributed by atoms with Gasteiger partial charge < -0.3 is 14.8 Å². The first-order chi connectivity index (χ1) is 17.5. The molecule has 0 unspecified atom stereocenters. The van der Waals surface area contributed by atoms with Crippen molar-refractivity contribution in [1.82, 2.24) is 0 Å². The average molecular weight is 542 g/mol. The van der Waals surface area contributed by atoms with E-state index in [1.54, 1.807) is 42.5 Å². The lowest BCUT2D eigenvalue weighted by atomic mass is 10.0. The van der Waals surface area contributed by atoms with E-state index in [1.807, 2.05) is 37.3 Å². The summed E-state index contributed by atoms with van der Waals surface area (Å²) in [4.78, 5) is 12.8. The fourth-order valence-electron chi connectivity index (χ4n) is 3.49. The number of halogens is 1. The van der Waals surface area contributed by atoms with E-state index in [0.29, 0.717) is 41.3 Å². The van der Waals surface area contributed by atoms with E-state index in [2.05, 4.69) is 33.9 Å². The molecule has 3 aromatic carbocycles. The standard InChI is InChI=1S/C29H24BrN3O3/c1-3-8-21-13-20(14-24(18-32)29(34)33-26-12-7-11-25(30)16-26)15-27(35-4-2)28(21)36-19-23-10-6-5-9-22(23)17-31/h3,5-7,9-16H,1,4,8,19H2,2H3,(H,33,34)/b24-14-. The molecule has 7 heteroatoms. The van der Waals surface area contributed by atoms with E-state index in [4.69, 9.17) is 9.47 Å². The minimum absolute atomic E-state index is 0.0569. The van der Waals surface area contributed by atoms with Crippen molar-refractivity contribution in [2.75, 3.05) is 11.9 Å². The van der Waals surface area contributed by atoms with Crippen molar-refractivity contribution in [3.8, 4) is 23.6 Å². The molecule has 0 aromatic heterocycles. The highest BCUT2D eigenvalue weighted by Gasteiger charge is 2.16. The minimum atomic E-state index is -0.521. The van der Waals surface area contributed by atoms with Crippen LogP contribution in [0.5, 0.6) is 11.5 Å². The second-order valence-electron chi connectivity index (χ2n) is 7.63. The van der Waals surface area contributed by atoms with E-state index >= 15 is 0 Å². The number of nitriles is 2. The minimum Gasteiger partial charge on any atom is -0.490 e. The number of ether oxygens (including phenoxy) is 2. The number of hydrogen-bond acceptors (Lipinski definition) is 5. The second kappa shape index (κ2) is 12.9. The Morgan fingerprint density at radius 3 is 2.58 bits per heavy atom. The van der Waals surface area contributed by atoms with Gasteiger partial charge in [0.2, 0.25) is 0 Å². The summed E-state index contributed by atoms with van der Waals surface area (Å²) in [5.74, 6) is 0.480. The lowest BCUT2D eigenvalue weighted by molar-refractivity contribution is -0.112. The van der Waals surface area contributed by atoms with E-state index in [1.165, 1.54) is 6.08 Å². The van der Waals surface area contributed by atoms with Crippen molar-refractivity contribution in [3.63, 3.8) is 0 Å². The zero-order valence-electron chi connectivity index (χ0n) is 19.8. The summed E-state index contributed by atoms with van der Waals surface area (Å²) in [5.41, 5.74) is 3.20. The van der Waals surface area contributed by atoms with E-state index in [-0.39, 0.29) is 12.2 Å². The highest BCUT2D eigenvalue weighted by atomic mass is 79.9. The normalized spacial score (nSPS) is 10.6. The molecule has 36 heavy (non-hydrogen) atoms. The summed E-state index contributed by atoms with van der Waals surface area (Å²) in [7, 11) is 0. The Morgan fingerprint density at radius 1 is 1.08 bits per heavy atom. The number of benzene rings is 3. The van der Waals surface area contributed by atoms with Crippen LogP contribution in [0.2, 0.25) is 0 Å². The van der Waals surface area contributed by atoms with Gasteiger partial charge in [0.05, 0.1) is 18.2 Å². The Kier molecular flexibility index (Phi) is 9.45. The van der Waals surface area contributed by atoms with Gasteiger partial charge >= 0.3 is 0 Å². The van der Waals surface area contributed by atoms with Gasteiger partial charge in [0.1, 0.15) is 18.2 Å². The largest absolute Gasteiger partial charge is 0.490 e. The molecule has 0 aliphatic heterocycles. The third kappa shape index (κ3) is 6.85. The third-order valence-corrected chi connectivity index (χ3v) is 5.58. The molecule has 0 fully saturated rings. The highest BCUT2D eigenvalue weighted by Crippen LogP contribution is 2.35. The number of carbonyl (C=O) groups is 1. The molecule has 0 aliphatic rings. The van der Waals surface area contributed by atoms with Crippen molar-refractivity contribution in [1.29, 1.82) is 10.5 Å². The van der Waals surface area contributed by atoms with Crippen LogP contribution in [-0.2, 0) is 17.8 Å². The number of rotatable bonds is 10. The molecule has 1 N–H and O–H groups in total. The van der Waals surface area contributed by atoms with Gasteiger partial charge in [0, 0.05) is 21.3 Å². The Bertz CT molecular complexity index is 1380. The van der Waals surface area contributed by atoms with Crippen LogP contribution in [0.4, 0.5) is 5.69 Å². The first kappa shape index (κ1) is 26.3. The van der Waals surface area contributed by atoms with Gasteiger partial charge in [0.15, 0.2) is 11.5 Å². The van der Waals surface area contributed by atoms with Crippen LogP contribution in [0.15, 0.2) is 83.4 Å². The van der Waals surface area contributed by atoms with Gasteiger partial charge in [-0.15, -0.1) is 6.58 Å². The van der Waals surface area contributed by atoms with Crippen LogP contribution in [0, 0.1) is 22.7 Å². The topological polar surface area (TPSA) is 95.1 Å². The van der Waals surface area contributed by atoms with Gasteiger partial charge in [-0.05, 0) is 61.4 Å². The summed E-state index contributed by atoms with van der Waals surface area (Å²) in [6.07, 6.45) is 3.72. The van der Waals surface area contributed by atoms with Crippen LogP contribution in [0.25, 0.3) is 6.08 Å². The monoisotopic (exact) mass is 541 g/mol. The quantitative estimate of drug-likeness (QED) is 0.178. The molecule has 0 saturated carbocycles. The summed E-state index contributed by atoms with van der Waals surface area (Å²) >= 11 is 3.37. The summed E-state index contributed by atoms with van der Waals surface area (Å²) < 4.78 is 12.8. The lowest BCUT2D eigenvalue weighted by Crippen LogP contribution is -2.13. The first-order valence-corrected chi connectivity index (χ1v) is 12.0. The van der Waals surface area contributed by atoms with Crippen LogP contribution >= 0.6 is 15.9 Å². The zero-order valence-corrected chi connectivity index (χ0v) is 21.3. The average Bonchev–Trinajstić information content (AvgIpc) is 2.87. The number of nitrogens with zero attached hydrogens (tertiary/aromatic N) is 2. The van der Waals surface area contributed by atoms with Crippen molar-refractivity contribution in [2.24, 2.45) is 0 Å². The Balaban J connectivity index is 1.95. The summed E-state index contributed by atoms with van der Waals surface area (Å²) in [5, 5.41) is 21.8. The Labute approximate surface area is 219 Å². The van der Waals surface area contributed by atoms with Crippen LogP contribution in [0.1, 0.15) is 29.2 Å². The lowest BCUT2D eigenvalue weighted by Gasteiger charge is -2.17. The molecule has 0 radical (unpaired) electrons. The van der Waals surface area contributed by atoms with Crippen LogP contribution in [0.3, 0.4) is 0 Å². The number of hydrogen-bond donors (Lipinski definition) is 1. The predicted octanol–water partition coefficient (Wildman–Crippen LogP) is 6.57. The second-order valence-corrected chi connectivity index (χ2v) is 8.54. The molecule has 6 nitrogen and oxygen atoms in total. The van der Waals surface area contributed by atoms with Crippen molar-refractivity contribution in [3.05, 3.63) is 106 Å². The smallest absolute Gasteiger partial charge is 0.266 e. The summed E-state index contributed by atoms with van der Waals surface area (Å²) in [6, 6.07) is 22.1. The van der Waals surface area contributed by atoms with E-state index in [9.17, 15) is 15.3 Å². The SMILES string of the molecule is C=CCc1cc(/C=C(/C#N)C(=O)Nc2cccc(Br)c2)cc(OCC)c1OCc1ccccc1C#N. The predicted molar refractivity (Wildman–Crippen MR) is 143 cm³/mol. The van der Waals surface area contributed by atoms with Crippen LogP contribution < -0.4 is 14.8 Å². The number of allylic oxidation sites excluding steroid dienone is 1. The molecule has 180 valence electrons. The third-order valence-electron chi connectivity index (χ3n) is 5.09. The highest BCUT2D eigenvalue weighted by molar-refractivity contribution is 9.10. The van der Waals surface area contributed by atoms with Gasteiger partial charge in [-0.1, -0.05) is 46.3 Å². The molecule has 0 spiro atoms. The van der Waals surface area contributed by atoms with Crippen molar-refractivity contribution < 1.29 is 14.3 Å². The van der Waals surface area contributed by atoms with Crippen molar-refractivity contribution in [2.45, 2.75) is 20.0 Å². The Morgan fingerprint density at radius 2 is 1.89 bits per heavy atom. The molecule has 0 atom stereocenters. The molecule has 0 bridgehead atoms. The summed E-state index contributed by atoms with van der Waals surface area (Å²) in [6.45, 7) is 6.26. The maximum atomic E-state index is 12.8. The number of nitrogens with one attached hydrogen (secondary N) is 1. The first-order valence-electron chi connectivity index (χ1n) is 11.2. The van der Waals surface area contributed by atoms with Gasteiger partial charge in [-0.25, -0.2) is 0 Å². The maximum absolute atomic E-state index is 12.8. The fraction of sp³-hybridized carbons (Fsp3) is 0.138.